The van der Waals surface area contributed by atoms with Gasteiger partial charge in [-0.2, -0.15) is 15.6 Å². The molecule has 1 aromatic carbocycles. The molecular weight excluding hydrogens is 252 g/mol. The van der Waals surface area contributed by atoms with Crippen molar-refractivity contribution in [2.45, 2.75) is 6.92 Å². The maximum absolute atomic E-state index is 11.3. The number of para-hydroxylation sites is 2. The third-order valence-corrected chi connectivity index (χ3v) is 2.02. The lowest BCUT2D eigenvalue weighted by Gasteiger charge is -2.14. The molecule has 0 saturated heterocycles. The summed E-state index contributed by atoms with van der Waals surface area (Å²) in [4.78, 5) is 11.3. The van der Waals surface area contributed by atoms with Crippen molar-refractivity contribution >= 4 is 23.1 Å². The molecule has 0 amide bonds. The zero-order valence-electron chi connectivity index (χ0n) is 10.1. The molecule has 0 heterocycles. The third kappa shape index (κ3) is 4.04. The Labute approximate surface area is 109 Å². The van der Waals surface area contributed by atoms with Gasteiger partial charge in [0, 0.05) is 6.07 Å². The summed E-state index contributed by atoms with van der Waals surface area (Å²) in [6.45, 7) is 1.71. The van der Waals surface area contributed by atoms with Gasteiger partial charge in [0.2, 0.25) is 5.71 Å². The number of carbonyl (C=O) groups excluding carboxylic acids is 1. The fourth-order valence-electron chi connectivity index (χ4n) is 1.20. The molecule has 0 saturated carbocycles. The minimum absolute atomic E-state index is 0.0209. The van der Waals surface area contributed by atoms with Crippen molar-refractivity contribution in [3.8, 4) is 6.07 Å². The van der Waals surface area contributed by atoms with E-state index in [9.17, 15) is 10.0 Å². The number of nitrogens with one attached hydrogen (secondary N) is 2. The summed E-state index contributed by atoms with van der Waals surface area (Å²) >= 11 is 0. The van der Waals surface area contributed by atoms with Crippen molar-refractivity contribution in [3.63, 3.8) is 0 Å². The number of carbonyl (C=O) groups is 1. The van der Waals surface area contributed by atoms with Gasteiger partial charge in [0.05, 0.1) is 6.61 Å². The first-order valence-corrected chi connectivity index (χ1v) is 5.33. The van der Waals surface area contributed by atoms with E-state index in [1.165, 1.54) is 12.1 Å². The van der Waals surface area contributed by atoms with Gasteiger partial charge in [0.15, 0.2) is 5.69 Å². The van der Waals surface area contributed by atoms with Crippen LogP contribution in [0, 0.1) is 16.5 Å². The molecule has 8 heteroatoms. The van der Waals surface area contributed by atoms with Crippen molar-refractivity contribution in [3.05, 3.63) is 29.5 Å². The number of anilines is 1. The van der Waals surface area contributed by atoms with Gasteiger partial charge in [-0.3, -0.25) is 5.43 Å². The Kier molecular flexibility index (Phi) is 5.43. The van der Waals surface area contributed by atoms with Crippen LogP contribution < -0.4 is 10.7 Å². The van der Waals surface area contributed by atoms with Crippen LogP contribution in [0.5, 0.6) is 0 Å². The standard InChI is InChI=1S/C11H12N4O4/c1-2-19-11(16)9(7-12)14-13-8-5-3-4-6-10(8)15(17)18/h3-6,13,15,17H,2H2,1H3. The predicted octanol–water partition coefficient (Wildman–Crippen LogP) is -0.0554. The van der Waals surface area contributed by atoms with Gasteiger partial charge in [-0.05, 0) is 13.0 Å². The van der Waals surface area contributed by atoms with Gasteiger partial charge < -0.3 is 9.94 Å². The second-order valence-corrected chi connectivity index (χ2v) is 3.26. The van der Waals surface area contributed by atoms with Gasteiger partial charge >= 0.3 is 5.97 Å². The molecule has 0 bridgehead atoms. The highest BCUT2D eigenvalue weighted by atomic mass is 16.8. The molecule has 8 nitrogen and oxygen atoms in total. The quantitative estimate of drug-likeness (QED) is 0.389. The van der Waals surface area contributed by atoms with Crippen LogP contribution in [-0.2, 0) is 9.53 Å². The lowest BCUT2D eigenvalue weighted by atomic mass is 10.3. The maximum Gasteiger partial charge on any atom is 0.369 e. The van der Waals surface area contributed by atoms with Crippen molar-refractivity contribution in [2.75, 3.05) is 12.0 Å². The number of ether oxygens (including phenoxy) is 1. The minimum Gasteiger partial charge on any atom is -0.595 e. The number of hydrogen-bond acceptors (Lipinski definition) is 7. The molecule has 3 N–H and O–H groups in total. The molecule has 1 rings (SSSR count). The van der Waals surface area contributed by atoms with Gasteiger partial charge in [0.25, 0.3) is 0 Å². The van der Waals surface area contributed by atoms with Crippen LogP contribution in [0.3, 0.4) is 0 Å². The number of hydrazone groups is 1. The number of quaternary nitrogens is 1. The lowest BCUT2D eigenvalue weighted by molar-refractivity contribution is -0.990. The van der Waals surface area contributed by atoms with Crippen molar-refractivity contribution in [2.24, 2.45) is 5.10 Å². The third-order valence-electron chi connectivity index (χ3n) is 2.02. The molecule has 0 fully saturated rings. The van der Waals surface area contributed by atoms with Gasteiger partial charge in [0.1, 0.15) is 11.8 Å². The summed E-state index contributed by atoms with van der Waals surface area (Å²) in [5, 5.41) is 31.0. The molecular formula is C11H12N4O4. The average molecular weight is 264 g/mol. The minimum atomic E-state index is -1.15. The predicted molar refractivity (Wildman–Crippen MR) is 65.5 cm³/mol. The fourth-order valence-corrected chi connectivity index (χ4v) is 1.20. The highest BCUT2D eigenvalue weighted by molar-refractivity contribution is 6.43. The van der Waals surface area contributed by atoms with E-state index in [2.05, 4.69) is 15.3 Å². The molecule has 0 aliphatic carbocycles. The Morgan fingerprint density at radius 2 is 2.32 bits per heavy atom. The molecule has 0 radical (unpaired) electrons. The normalized spacial score (nSPS) is 12.4. The summed E-state index contributed by atoms with van der Waals surface area (Å²) < 4.78 is 4.61. The number of esters is 1. The Morgan fingerprint density at radius 1 is 1.63 bits per heavy atom. The van der Waals surface area contributed by atoms with Crippen LogP contribution in [0.15, 0.2) is 29.4 Å². The second-order valence-electron chi connectivity index (χ2n) is 3.26. The molecule has 100 valence electrons. The smallest absolute Gasteiger partial charge is 0.369 e. The summed E-state index contributed by atoms with van der Waals surface area (Å²) in [5.74, 6) is -0.870. The van der Waals surface area contributed by atoms with Gasteiger partial charge in [-0.15, -0.1) is 0 Å². The molecule has 0 spiro atoms. The van der Waals surface area contributed by atoms with E-state index >= 15 is 0 Å². The molecule has 1 atom stereocenters. The lowest BCUT2D eigenvalue weighted by Crippen LogP contribution is -2.99. The largest absolute Gasteiger partial charge is 0.595 e. The van der Waals surface area contributed by atoms with Gasteiger partial charge in [-0.25, -0.2) is 10.0 Å². The topological polar surface area (TPSA) is 122 Å². The molecule has 19 heavy (non-hydrogen) atoms. The van der Waals surface area contributed by atoms with Gasteiger partial charge in [-0.1, -0.05) is 12.1 Å². The van der Waals surface area contributed by atoms with Crippen LogP contribution in [0.2, 0.25) is 0 Å². The molecule has 0 aliphatic heterocycles. The summed E-state index contributed by atoms with van der Waals surface area (Å²) in [5.41, 5.74) is 2.04. The Balaban J connectivity index is 2.91. The zero-order valence-corrected chi connectivity index (χ0v) is 10.1. The summed E-state index contributed by atoms with van der Waals surface area (Å²) in [7, 11) is 0. The first kappa shape index (κ1) is 14.6. The maximum atomic E-state index is 11.3. The Bertz CT molecular complexity index is 522. The molecule has 0 aromatic heterocycles. The Hall–Kier alpha value is -2.47. The van der Waals surface area contributed by atoms with Crippen molar-refractivity contribution in [1.82, 2.24) is 0 Å². The number of nitrogens with zero attached hydrogens (tertiary/aromatic N) is 2. The fraction of sp³-hybridized carbons (Fsp3) is 0.182. The van der Waals surface area contributed by atoms with Crippen LogP contribution in [0.25, 0.3) is 0 Å². The van der Waals surface area contributed by atoms with E-state index in [0.717, 1.165) is 0 Å². The molecule has 1 unspecified atom stereocenters. The number of rotatable bonds is 5. The molecule has 0 aliphatic rings. The molecule has 1 aromatic rings. The van der Waals surface area contributed by atoms with Crippen LogP contribution in [0.1, 0.15) is 6.92 Å². The van der Waals surface area contributed by atoms with Crippen LogP contribution >= 0.6 is 0 Å². The first-order valence-electron chi connectivity index (χ1n) is 5.33. The second kappa shape index (κ2) is 7.07. The summed E-state index contributed by atoms with van der Waals surface area (Å²) in [6, 6.07) is 7.56. The zero-order chi connectivity index (χ0) is 14.3. The number of benzene rings is 1. The van der Waals surface area contributed by atoms with E-state index < -0.39 is 16.9 Å². The summed E-state index contributed by atoms with van der Waals surface area (Å²) in [6.07, 6.45) is 0. The van der Waals surface area contributed by atoms with E-state index in [1.807, 2.05) is 0 Å². The van der Waals surface area contributed by atoms with E-state index in [-0.39, 0.29) is 18.0 Å². The Morgan fingerprint density at radius 3 is 2.89 bits per heavy atom. The average Bonchev–Trinajstić information content (AvgIpc) is 2.40. The number of nitriles is 1. The monoisotopic (exact) mass is 264 g/mol. The van der Waals surface area contributed by atoms with Crippen LogP contribution in [0.4, 0.5) is 11.4 Å². The van der Waals surface area contributed by atoms with E-state index in [4.69, 9.17) is 10.5 Å². The van der Waals surface area contributed by atoms with Crippen molar-refractivity contribution < 1.29 is 20.0 Å². The van der Waals surface area contributed by atoms with Crippen molar-refractivity contribution in [1.29, 1.82) is 5.26 Å². The SMILES string of the molecule is CCOC(=O)C(C#N)=NNc1ccccc1[NH+]([O-])O. The number of hydrogen-bond donors (Lipinski definition) is 3. The van der Waals surface area contributed by atoms with Crippen LogP contribution in [-0.4, -0.2) is 23.5 Å². The highest BCUT2D eigenvalue weighted by Crippen LogP contribution is 2.16. The highest BCUT2D eigenvalue weighted by Gasteiger charge is 2.13. The van der Waals surface area contributed by atoms with E-state index in [1.54, 1.807) is 25.1 Å². The van der Waals surface area contributed by atoms with E-state index in [0.29, 0.717) is 0 Å². The first-order chi connectivity index (χ1) is 9.10.